The zero-order valence-electron chi connectivity index (χ0n) is 10.7. The SMILES string of the molecule is N#CCC(=O)Nc1cc(C(F)(F)F)ccc1-n1cccc1. The van der Waals surface area contributed by atoms with Gasteiger partial charge < -0.3 is 9.88 Å². The van der Waals surface area contributed by atoms with Crippen molar-refractivity contribution in [3.8, 4) is 11.8 Å². The number of nitrogens with zero attached hydrogens (tertiary/aromatic N) is 2. The lowest BCUT2D eigenvalue weighted by molar-refractivity contribution is -0.137. The first kappa shape index (κ1) is 14.7. The van der Waals surface area contributed by atoms with Gasteiger partial charge in [0, 0.05) is 12.4 Å². The van der Waals surface area contributed by atoms with Gasteiger partial charge >= 0.3 is 6.18 Å². The molecule has 0 saturated heterocycles. The van der Waals surface area contributed by atoms with Gasteiger partial charge in [-0.1, -0.05) is 0 Å². The molecule has 1 aromatic carbocycles. The highest BCUT2D eigenvalue weighted by Crippen LogP contribution is 2.33. The second-order valence-corrected chi connectivity index (χ2v) is 4.20. The zero-order valence-corrected chi connectivity index (χ0v) is 10.7. The number of benzene rings is 1. The number of nitriles is 1. The molecule has 1 amide bonds. The fourth-order valence-electron chi connectivity index (χ4n) is 1.80. The number of rotatable bonds is 3. The molecule has 0 aliphatic carbocycles. The maximum Gasteiger partial charge on any atom is 0.416 e. The molecule has 0 spiro atoms. The molecule has 7 heteroatoms. The van der Waals surface area contributed by atoms with Crippen LogP contribution in [-0.2, 0) is 11.0 Å². The maximum atomic E-state index is 12.8. The molecule has 0 atom stereocenters. The number of nitrogens with one attached hydrogen (secondary N) is 1. The number of aromatic nitrogens is 1. The number of carbonyl (C=O) groups is 1. The molecular weight excluding hydrogens is 283 g/mol. The predicted molar refractivity (Wildman–Crippen MR) is 69.6 cm³/mol. The molecule has 21 heavy (non-hydrogen) atoms. The van der Waals surface area contributed by atoms with E-state index in [0.717, 1.165) is 12.1 Å². The van der Waals surface area contributed by atoms with Gasteiger partial charge in [0.2, 0.25) is 5.91 Å². The second kappa shape index (κ2) is 5.71. The third kappa shape index (κ3) is 3.42. The molecule has 0 aliphatic rings. The third-order valence-corrected chi connectivity index (χ3v) is 2.72. The van der Waals surface area contributed by atoms with Crippen molar-refractivity contribution in [1.29, 1.82) is 5.26 Å². The van der Waals surface area contributed by atoms with Crippen LogP contribution in [0.5, 0.6) is 0 Å². The highest BCUT2D eigenvalue weighted by molar-refractivity contribution is 5.94. The summed E-state index contributed by atoms with van der Waals surface area (Å²) in [5.41, 5.74) is -0.480. The minimum atomic E-state index is -4.51. The van der Waals surface area contributed by atoms with Crippen LogP contribution in [0, 0.1) is 11.3 Å². The van der Waals surface area contributed by atoms with E-state index in [2.05, 4.69) is 5.32 Å². The zero-order chi connectivity index (χ0) is 15.5. The minimum Gasteiger partial charge on any atom is -0.323 e. The Morgan fingerprint density at radius 2 is 1.95 bits per heavy atom. The van der Waals surface area contributed by atoms with Crippen LogP contribution < -0.4 is 5.32 Å². The van der Waals surface area contributed by atoms with Gasteiger partial charge in [-0.15, -0.1) is 0 Å². The maximum absolute atomic E-state index is 12.8. The summed E-state index contributed by atoms with van der Waals surface area (Å²) in [5, 5.41) is 10.8. The van der Waals surface area contributed by atoms with E-state index >= 15 is 0 Å². The van der Waals surface area contributed by atoms with Gasteiger partial charge in [-0.3, -0.25) is 4.79 Å². The van der Waals surface area contributed by atoms with Crippen LogP contribution in [-0.4, -0.2) is 10.5 Å². The molecule has 108 valence electrons. The van der Waals surface area contributed by atoms with Crippen LogP contribution in [0.3, 0.4) is 0 Å². The van der Waals surface area contributed by atoms with E-state index in [4.69, 9.17) is 5.26 Å². The average molecular weight is 293 g/mol. The molecule has 0 radical (unpaired) electrons. The average Bonchev–Trinajstić information content (AvgIpc) is 2.91. The summed E-state index contributed by atoms with van der Waals surface area (Å²) in [6.07, 6.45) is -1.66. The summed E-state index contributed by atoms with van der Waals surface area (Å²) in [5.74, 6) is -0.662. The topological polar surface area (TPSA) is 57.8 Å². The first-order chi connectivity index (χ1) is 9.91. The van der Waals surface area contributed by atoms with Crippen molar-refractivity contribution < 1.29 is 18.0 Å². The van der Waals surface area contributed by atoms with Gasteiger partial charge in [0.15, 0.2) is 0 Å². The van der Waals surface area contributed by atoms with Crippen molar-refractivity contribution in [2.75, 3.05) is 5.32 Å². The highest BCUT2D eigenvalue weighted by Gasteiger charge is 2.31. The molecule has 0 unspecified atom stereocenters. The summed E-state index contributed by atoms with van der Waals surface area (Å²) < 4.78 is 39.8. The number of halogens is 3. The molecule has 1 aromatic heterocycles. The van der Waals surface area contributed by atoms with Crippen molar-refractivity contribution in [3.05, 3.63) is 48.3 Å². The fraction of sp³-hybridized carbons (Fsp3) is 0.143. The van der Waals surface area contributed by atoms with Crippen molar-refractivity contribution in [2.24, 2.45) is 0 Å². The van der Waals surface area contributed by atoms with E-state index in [1.807, 2.05) is 0 Å². The quantitative estimate of drug-likeness (QED) is 0.943. The molecule has 4 nitrogen and oxygen atoms in total. The van der Waals surface area contributed by atoms with Gasteiger partial charge in [0.1, 0.15) is 6.42 Å². The van der Waals surface area contributed by atoms with Crippen molar-refractivity contribution in [3.63, 3.8) is 0 Å². The Morgan fingerprint density at radius 1 is 1.29 bits per heavy atom. The molecule has 1 heterocycles. The third-order valence-electron chi connectivity index (χ3n) is 2.72. The van der Waals surface area contributed by atoms with Gasteiger partial charge in [0.05, 0.1) is 23.0 Å². The monoisotopic (exact) mass is 293 g/mol. The molecule has 0 fully saturated rings. The summed E-state index contributed by atoms with van der Waals surface area (Å²) >= 11 is 0. The predicted octanol–water partition coefficient (Wildman–Crippen LogP) is 3.35. The molecule has 0 aliphatic heterocycles. The summed E-state index contributed by atoms with van der Waals surface area (Å²) in [7, 11) is 0. The Labute approximate surface area is 118 Å². The van der Waals surface area contributed by atoms with E-state index in [9.17, 15) is 18.0 Å². The van der Waals surface area contributed by atoms with Gasteiger partial charge in [-0.25, -0.2) is 0 Å². The van der Waals surface area contributed by atoms with E-state index in [0.29, 0.717) is 5.69 Å². The van der Waals surface area contributed by atoms with E-state index < -0.39 is 24.1 Å². The minimum absolute atomic E-state index is 0.00118. The molecule has 2 aromatic rings. The summed E-state index contributed by atoms with van der Waals surface area (Å²) in [6.45, 7) is 0. The van der Waals surface area contributed by atoms with Crippen LogP contribution in [0.2, 0.25) is 0 Å². The molecule has 1 N–H and O–H groups in total. The van der Waals surface area contributed by atoms with Gasteiger partial charge in [0.25, 0.3) is 0 Å². The summed E-state index contributed by atoms with van der Waals surface area (Å²) in [6, 6.07) is 8.12. The number of alkyl halides is 3. The molecule has 0 bridgehead atoms. The Balaban J connectivity index is 2.46. The van der Waals surface area contributed by atoms with Crippen molar-refractivity contribution in [1.82, 2.24) is 4.57 Å². The standard InChI is InChI=1S/C14H10F3N3O/c15-14(16,17)10-3-4-12(20-7-1-2-8-20)11(9-10)19-13(21)5-6-18/h1-4,7-9H,5H2,(H,19,21). The second-order valence-electron chi connectivity index (χ2n) is 4.20. The smallest absolute Gasteiger partial charge is 0.323 e. The van der Waals surface area contributed by atoms with E-state index in [1.54, 1.807) is 35.2 Å². The lowest BCUT2D eigenvalue weighted by atomic mass is 10.1. The Morgan fingerprint density at radius 3 is 2.52 bits per heavy atom. The van der Waals surface area contributed by atoms with Crippen molar-refractivity contribution in [2.45, 2.75) is 12.6 Å². The number of hydrogen-bond donors (Lipinski definition) is 1. The van der Waals surface area contributed by atoms with Crippen LogP contribution in [0.15, 0.2) is 42.7 Å². The Kier molecular flexibility index (Phi) is 3.98. The Bertz CT molecular complexity index is 684. The fourth-order valence-corrected chi connectivity index (χ4v) is 1.80. The van der Waals surface area contributed by atoms with E-state index in [-0.39, 0.29) is 5.69 Å². The van der Waals surface area contributed by atoms with Crippen LogP contribution in [0.1, 0.15) is 12.0 Å². The lowest BCUT2D eigenvalue weighted by Crippen LogP contribution is -2.14. The van der Waals surface area contributed by atoms with Crippen molar-refractivity contribution >= 4 is 11.6 Å². The number of carbonyl (C=O) groups excluding carboxylic acids is 1. The number of anilines is 1. The first-order valence-corrected chi connectivity index (χ1v) is 5.93. The molecule has 2 rings (SSSR count). The number of amides is 1. The highest BCUT2D eigenvalue weighted by atomic mass is 19.4. The van der Waals surface area contributed by atoms with E-state index in [1.165, 1.54) is 6.07 Å². The Hall–Kier alpha value is -2.75. The number of hydrogen-bond acceptors (Lipinski definition) is 2. The normalized spacial score (nSPS) is 11.0. The van der Waals surface area contributed by atoms with Crippen LogP contribution >= 0.6 is 0 Å². The summed E-state index contributed by atoms with van der Waals surface area (Å²) in [4.78, 5) is 11.5. The van der Waals surface area contributed by atoms with Crippen LogP contribution in [0.25, 0.3) is 5.69 Å². The lowest BCUT2D eigenvalue weighted by Gasteiger charge is -2.14. The van der Waals surface area contributed by atoms with Crippen LogP contribution in [0.4, 0.5) is 18.9 Å². The van der Waals surface area contributed by atoms with Gasteiger partial charge in [-0.2, -0.15) is 18.4 Å². The molecule has 0 saturated carbocycles. The largest absolute Gasteiger partial charge is 0.416 e. The van der Waals surface area contributed by atoms with Gasteiger partial charge in [-0.05, 0) is 30.3 Å². The first-order valence-electron chi connectivity index (χ1n) is 5.93. The molecular formula is C14H10F3N3O.